The van der Waals surface area contributed by atoms with Crippen LogP contribution in [-0.2, 0) is 4.43 Å². The Kier molecular flexibility index (Phi) is 8.16. The van der Waals surface area contributed by atoms with Gasteiger partial charge in [0.2, 0.25) is 0 Å². The monoisotopic (exact) mass is 398 g/mol. The van der Waals surface area contributed by atoms with Crippen molar-refractivity contribution in [2.75, 3.05) is 4.95 Å². The van der Waals surface area contributed by atoms with Gasteiger partial charge in [0, 0.05) is 16.8 Å². The molecular formula is C20H35BrOSi. The molecule has 0 aliphatic carbocycles. The summed E-state index contributed by atoms with van der Waals surface area (Å²) in [5, 5.41) is 0. The van der Waals surface area contributed by atoms with Crippen LogP contribution in [0.4, 0.5) is 0 Å². The molecule has 0 saturated heterocycles. The maximum absolute atomic E-state index is 6.76. The molecule has 132 valence electrons. The third kappa shape index (κ3) is 8.44. The molecule has 1 unspecified atom stereocenters. The van der Waals surface area contributed by atoms with Crippen molar-refractivity contribution in [1.82, 2.24) is 0 Å². The van der Waals surface area contributed by atoms with Crippen molar-refractivity contribution in [3.05, 3.63) is 0 Å². The van der Waals surface area contributed by atoms with E-state index in [2.05, 4.69) is 95.3 Å². The molecule has 0 aliphatic heterocycles. The number of rotatable bonds is 7. The van der Waals surface area contributed by atoms with E-state index in [1.165, 1.54) is 0 Å². The molecule has 0 N–H and O–H groups in total. The van der Waals surface area contributed by atoms with Crippen LogP contribution in [-0.4, -0.2) is 18.9 Å². The zero-order valence-electron chi connectivity index (χ0n) is 16.6. The van der Waals surface area contributed by atoms with Gasteiger partial charge in [-0.15, -0.1) is 12.3 Å². The van der Waals surface area contributed by atoms with Crippen molar-refractivity contribution >= 4 is 24.2 Å². The lowest BCUT2D eigenvalue weighted by molar-refractivity contribution is 0.0280. The van der Waals surface area contributed by atoms with Gasteiger partial charge in [0.1, 0.15) is 5.60 Å². The van der Waals surface area contributed by atoms with Crippen LogP contribution >= 0.6 is 15.9 Å². The third-order valence-electron chi connectivity index (χ3n) is 3.68. The lowest BCUT2D eigenvalue weighted by Gasteiger charge is -2.43. The van der Waals surface area contributed by atoms with Gasteiger partial charge in [0.25, 0.3) is 0 Å². The second-order valence-corrected chi connectivity index (χ2v) is 14.9. The van der Waals surface area contributed by atoms with Gasteiger partial charge in [-0.25, -0.2) is 0 Å². The van der Waals surface area contributed by atoms with Crippen LogP contribution in [0, 0.1) is 40.9 Å². The van der Waals surface area contributed by atoms with Crippen molar-refractivity contribution < 1.29 is 4.43 Å². The fourth-order valence-electron chi connectivity index (χ4n) is 2.44. The van der Waals surface area contributed by atoms with Crippen LogP contribution in [0.1, 0.15) is 61.3 Å². The molecule has 1 atom stereocenters. The van der Waals surface area contributed by atoms with Crippen LogP contribution < -0.4 is 0 Å². The molecule has 0 aromatic heterocycles. The molecule has 0 bridgehead atoms. The van der Waals surface area contributed by atoms with E-state index in [4.69, 9.17) is 10.8 Å². The first-order valence-electron chi connectivity index (χ1n) is 8.43. The summed E-state index contributed by atoms with van der Waals surface area (Å²) in [4.78, 5) is 0.904. The van der Waals surface area contributed by atoms with Crippen LogP contribution in [0.15, 0.2) is 0 Å². The van der Waals surface area contributed by atoms with Gasteiger partial charge in [0.15, 0.2) is 8.32 Å². The van der Waals surface area contributed by atoms with E-state index in [-0.39, 0.29) is 10.8 Å². The average Bonchev–Trinajstić information content (AvgIpc) is 2.34. The topological polar surface area (TPSA) is 9.23 Å². The van der Waals surface area contributed by atoms with Crippen LogP contribution in [0.3, 0.4) is 0 Å². The minimum absolute atomic E-state index is 0.00236. The Hall–Kier alpha value is -0.223. The first-order chi connectivity index (χ1) is 10.2. The first-order valence-corrected chi connectivity index (χ1v) is 12.7. The predicted octanol–water partition coefficient (Wildman–Crippen LogP) is 6.03. The summed E-state index contributed by atoms with van der Waals surface area (Å²) in [7, 11) is -1.83. The standard InChI is InChI=1S/C20H35BrOSi/c1-11-12-19(7,8)15-20(17(2)3,14-13-18(4,5)6)22-23(9,10)16-21/h1,17H,12,15-16H2,2-10H3. The number of hydrogen-bond donors (Lipinski definition) is 0. The molecule has 0 fully saturated rings. The van der Waals surface area contributed by atoms with E-state index < -0.39 is 13.9 Å². The normalized spacial score (nSPS) is 15.6. The van der Waals surface area contributed by atoms with Gasteiger partial charge in [-0.05, 0) is 51.6 Å². The molecule has 0 rings (SSSR count). The van der Waals surface area contributed by atoms with E-state index in [0.29, 0.717) is 5.92 Å². The Morgan fingerprint density at radius 1 is 1.09 bits per heavy atom. The second-order valence-electron chi connectivity index (χ2n) is 9.26. The van der Waals surface area contributed by atoms with E-state index in [1.807, 2.05) is 0 Å². The number of halogens is 1. The molecule has 0 spiro atoms. The first kappa shape index (κ1) is 22.8. The highest BCUT2D eigenvalue weighted by Crippen LogP contribution is 2.39. The molecule has 0 aromatic rings. The Morgan fingerprint density at radius 3 is 1.96 bits per heavy atom. The lowest BCUT2D eigenvalue weighted by atomic mass is 9.73. The SMILES string of the molecule is C#CCC(C)(C)CC(C#CC(C)(C)C)(O[Si](C)(C)CBr)C(C)C. The van der Waals surface area contributed by atoms with Crippen molar-refractivity contribution in [3.63, 3.8) is 0 Å². The molecule has 0 saturated carbocycles. The molecule has 0 radical (unpaired) electrons. The van der Waals surface area contributed by atoms with E-state index in [9.17, 15) is 0 Å². The fraction of sp³-hybridized carbons (Fsp3) is 0.800. The summed E-state index contributed by atoms with van der Waals surface area (Å²) in [6, 6.07) is 0. The van der Waals surface area contributed by atoms with Gasteiger partial charge in [-0.2, -0.15) is 0 Å². The fourth-order valence-corrected chi connectivity index (χ4v) is 4.18. The highest BCUT2D eigenvalue weighted by Gasteiger charge is 2.43. The predicted molar refractivity (Wildman–Crippen MR) is 109 cm³/mol. The van der Waals surface area contributed by atoms with Crippen LogP contribution in [0.25, 0.3) is 0 Å². The third-order valence-corrected chi connectivity index (χ3v) is 9.30. The van der Waals surface area contributed by atoms with Crippen molar-refractivity contribution in [1.29, 1.82) is 0 Å². The smallest absolute Gasteiger partial charge is 0.199 e. The molecule has 0 aliphatic rings. The van der Waals surface area contributed by atoms with Crippen molar-refractivity contribution in [3.8, 4) is 24.2 Å². The molecule has 0 aromatic carbocycles. The van der Waals surface area contributed by atoms with Crippen LogP contribution in [0.2, 0.25) is 13.1 Å². The quantitative estimate of drug-likeness (QED) is 0.289. The summed E-state index contributed by atoms with van der Waals surface area (Å²) >= 11 is 3.63. The van der Waals surface area contributed by atoms with Gasteiger partial charge in [-0.3, -0.25) is 0 Å². The summed E-state index contributed by atoms with van der Waals surface area (Å²) < 4.78 is 6.76. The number of hydrogen-bond acceptors (Lipinski definition) is 1. The Balaban J connectivity index is 5.97. The Labute approximate surface area is 154 Å². The zero-order chi connectivity index (χ0) is 18.5. The summed E-state index contributed by atoms with van der Waals surface area (Å²) in [5.74, 6) is 10.1. The van der Waals surface area contributed by atoms with E-state index in [1.54, 1.807) is 0 Å². The molecule has 3 heteroatoms. The number of terminal acetylenes is 1. The van der Waals surface area contributed by atoms with Gasteiger partial charge >= 0.3 is 0 Å². The molecule has 0 heterocycles. The highest BCUT2D eigenvalue weighted by atomic mass is 79.9. The minimum atomic E-state index is -1.83. The number of alkyl halides is 1. The second kappa shape index (κ2) is 8.24. The zero-order valence-corrected chi connectivity index (χ0v) is 19.1. The van der Waals surface area contributed by atoms with Gasteiger partial charge < -0.3 is 4.43 Å². The lowest BCUT2D eigenvalue weighted by Crippen LogP contribution is -2.50. The van der Waals surface area contributed by atoms with E-state index in [0.717, 1.165) is 17.8 Å². The largest absolute Gasteiger partial charge is 0.400 e. The highest BCUT2D eigenvalue weighted by molar-refractivity contribution is 9.09. The minimum Gasteiger partial charge on any atom is -0.400 e. The maximum Gasteiger partial charge on any atom is 0.199 e. The maximum atomic E-state index is 6.76. The molecule has 0 amide bonds. The molecule has 1 nitrogen and oxygen atoms in total. The summed E-state index contributed by atoms with van der Waals surface area (Å²) in [6.45, 7) is 19.8. The summed E-state index contributed by atoms with van der Waals surface area (Å²) in [6.07, 6.45) is 7.17. The van der Waals surface area contributed by atoms with Crippen LogP contribution in [0.5, 0.6) is 0 Å². The Morgan fingerprint density at radius 2 is 1.61 bits per heavy atom. The molecular weight excluding hydrogens is 364 g/mol. The van der Waals surface area contributed by atoms with Gasteiger partial charge in [-0.1, -0.05) is 55.5 Å². The van der Waals surface area contributed by atoms with Crippen molar-refractivity contribution in [2.45, 2.75) is 80.0 Å². The Bertz CT molecular complexity index is 482. The van der Waals surface area contributed by atoms with E-state index >= 15 is 0 Å². The van der Waals surface area contributed by atoms with Crippen molar-refractivity contribution in [2.24, 2.45) is 16.7 Å². The van der Waals surface area contributed by atoms with Gasteiger partial charge in [0.05, 0.1) is 0 Å². The summed E-state index contributed by atoms with van der Waals surface area (Å²) in [5.41, 5.74) is -0.487. The molecule has 23 heavy (non-hydrogen) atoms. The average molecular weight is 399 g/mol.